The van der Waals surface area contributed by atoms with E-state index in [1.54, 1.807) is 6.20 Å². The van der Waals surface area contributed by atoms with Gasteiger partial charge in [0, 0.05) is 30.1 Å². The van der Waals surface area contributed by atoms with Crippen LogP contribution < -0.4 is 5.32 Å². The highest BCUT2D eigenvalue weighted by molar-refractivity contribution is 5.98. The monoisotopic (exact) mass is 328 g/mol. The van der Waals surface area contributed by atoms with E-state index in [0.29, 0.717) is 11.0 Å². The first-order chi connectivity index (χ1) is 11.4. The molecule has 1 aromatic heterocycles. The molecule has 1 aliphatic heterocycles. The molecule has 1 amide bonds. The Balaban J connectivity index is 1.49. The fourth-order valence-electron chi connectivity index (χ4n) is 3.15. The molecule has 0 spiro atoms. The number of rotatable bonds is 4. The SMILES string of the molecule is CC(C)(C)CCN1CCC(NC(=O)c2ccc3[nH]ncc3c2)CC1. The van der Waals surface area contributed by atoms with Crippen LogP contribution in [-0.4, -0.2) is 46.7 Å². The van der Waals surface area contributed by atoms with Gasteiger partial charge < -0.3 is 10.2 Å². The lowest BCUT2D eigenvalue weighted by Crippen LogP contribution is -2.45. The summed E-state index contributed by atoms with van der Waals surface area (Å²) in [6.07, 6.45) is 5.03. The number of H-pyrrole nitrogens is 1. The van der Waals surface area contributed by atoms with Crippen LogP contribution in [0.5, 0.6) is 0 Å². The van der Waals surface area contributed by atoms with Gasteiger partial charge in [-0.2, -0.15) is 5.10 Å². The molecule has 5 nitrogen and oxygen atoms in total. The largest absolute Gasteiger partial charge is 0.349 e. The molecule has 1 fully saturated rings. The molecule has 0 atom stereocenters. The summed E-state index contributed by atoms with van der Waals surface area (Å²) in [5.41, 5.74) is 2.05. The van der Waals surface area contributed by atoms with Crippen LogP contribution >= 0.6 is 0 Å². The Labute approximate surface area is 143 Å². The van der Waals surface area contributed by atoms with Crippen molar-refractivity contribution >= 4 is 16.8 Å². The maximum atomic E-state index is 12.5. The first kappa shape index (κ1) is 17.0. The molecule has 2 aromatic rings. The standard InChI is InChI=1S/C19H28N4O/c1-19(2,3)8-11-23-9-6-16(7-10-23)21-18(24)14-4-5-17-15(12-14)13-20-22-17/h4-5,12-13,16H,6-11H2,1-3H3,(H,20,22)(H,21,24). The topological polar surface area (TPSA) is 61.0 Å². The van der Waals surface area contributed by atoms with Gasteiger partial charge in [-0.3, -0.25) is 9.89 Å². The molecular formula is C19H28N4O. The van der Waals surface area contributed by atoms with Crippen LogP contribution in [0.25, 0.3) is 10.9 Å². The average molecular weight is 328 g/mol. The number of hydrogen-bond acceptors (Lipinski definition) is 3. The lowest BCUT2D eigenvalue weighted by atomic mass is 9.91. The van der Waals surface area contributed by atoms with Gasteiger partial charge in [0.2, 0.25) is 0 Å². The van der Waals surface area contributed by atoms with Gasteiger partial charge in [0.15, 0.2) is 0 Å². The van der Waals surface area contributed by atoms with E-state index in [2.05, 4.69) is 41.2 Å². The third-order valence-corrected chi connectivity index (χ3v) is 4.80. The van der Waals surface area contributed by atoms with Crippen LogP contribution in [0.2, 0.25) is 0 Å². The second-order valence-corrected chi connectivity index (χ2v) is 8.07. The Morgan fingerprint density at radius 2 is 2.08 bits per heavy atom. The third-order valence-electron chi connectivity index (χ3n) is 4.80. The summed E-state index contributed by atoms with van der Waals surface area (Å²) in [7, 11) is 0. The van der Waals surface area contributed by atoms with Crippen molar-refractivity contribution in [3.05, 3.63) is 30.0 Å². The fraction of sp³-hybridized carbons (Fsp3) is 0.579. The zero-order chi connectivity index (χ0) is 17.2. The molecule has 1 aliphatic rings. The fourth-order valence-corrected chi connectivity index (χ4v) is 3.15. The molecule has 130 valence electrons. The van der Waals surface area contributed by atoms with Crippen molar-refractivity contribution in [3.8, 4) is 0 Å². The number of piperidine rings is 1. The summed E-state index contributed by atoms with van der Waals surface area (Å²) in [6, 6.07) is 5.94. The van der Waals surface area contributed by atoms with Crippen molar-refractivity contribution in [1.82, 2.24) is 20.4 Å². The number of carbonyl (C=O) groups excluding carboxylic acids is 1. The second-order valence-electron chi connectivity index (χ2n) is 8.07. The molecule has 1 saturated heterocycles. The third kappa shape index (κ3) is 4.35. The van der Waals surface area contributed by atoms with Gasteiger partial charge >= 0.3 is 0 Å². The van der Waals surface area contributed by atoms with Gasteiger partial charge in [-0.05, 0) is 49.4 Å². The maximum Gasteiger partial charge on any atom is 0.251 e. The summed E-state index contributed by atoms with van der Waals surface area (Å²) >= 11 is 0. The zero-order valence-electron chi connectivity index (χ0n) is 14.9. The summed E-state index contributed by atoms with van der Waals surface area (Å²) in [5, 5.41) is 11.1. The summed E-state index contributed by atoms with van der Waals surface area (Å²) < 4.78 is 0. The zero-order valence-corrected chi connectivity index (χ0v) is 14.9. The van der Waals surface area contributed by atoms with Crippen molar-refractivity contribution in [3.63, 3.8) is 0 Å². The van der Waals surface area contributed by atoms with E-state index in [0.717, 1.165) is 43.4 Å². The number of carbonyl (C=O) groups is 1. The number of amides is 1. The van der Waals surface area contributed by atoms with Crippen LogP contribution in [0.1, 0.15) is 50.4 Å². The molecular weight excluding hydrogens is 300 g/mol. The molecule has 3 rings (SSSR count). The van der Waals surface area contributed by atoms with Gasteiger partial charge in [0.05, 0.1) is 11.7 Å². The highest BCUT2D eigenvalue weighted by atomic mass is 16.1. The molecule has 0 aliphatic carbocycles. The smallest absolute Gasteiger partial charge is 0.251 e. The van der Waals surface area contributed by atoms with Crippen molar-refractivity contribution < 1.29 is 4.79 Å². The Kier molecular flexibility index (Phi) is 4.90. The van der Waals surface area contributed by atoms with E-state index in [4.69, 9.17) is 0 Å². The van der Waals surface area contributed by atoms with Gasteiger partial charge in [0.1, 0.15) is 0 Å². The van der Waals surface area contributed by atoms with Crippen LogP contribution in [0, 0.1) is 5.41 Å². The summed E-state index contributed by atoms with van der Waals surface area (Å²) in [4.78, 5) is 15.0. The molecule has 0 radical (unpaired) electrons. The minimum Gasteiger partial charge on any atom is -0.349 e. The molecule has 5 heteroatoms. The van der Waals surface area contributed by atoms with Crippen LogP contribution in [-0.2, 0) is 0 Å². The predicted molar refractivity (Wildman–Crippen MR) is 97.1 cm³/mol. The number of aromatic nitrogens is 2. The highest BCUT2D eigenvalue weighted by Crippen LogP contribution is 2.21. The van der Waals surface area contributed by atoms with Crippen LogP contribution in [0.15, 0.2) is 24.4 Å². The van der Waals surface area contributed by atoms with E-state index >= 15 is 0 Å². The molecule has 2 N–H and O–H groups in total. The Morgan fingerprint density at radius 1 is 1.33 bits per heavy atom. The van der Waals surface area contributed by atoms with Gasteiger partial charge in [-0.25, -0.2) is 0 Å². The van der Waals surface area contributed by atoms with E-state index in [9.17, 15) is 4.79 Å². The van der Waals surface area contributed by atoms with E-state index < -0.39 is 0 Å². The van der Waals surface area contributed by atoms with E-state index in [1.807, 2.05) is 18.2 Å². The lowest BCUT2D eigenvalue weighted by Gasteiger charge is -2.34. The molecule has 24 heavy (non-hydrogen) atoms. The van der Waals surface area contributed by atoms with Gasteiger partial charge in [0.25, 0.3) is 5.91 Å². The Bertz CT molecular complexity index is 693. The van der Waals surface area contributed by atoms with Crippen LogP contribution in [0.4, 0.5) is 0 Å². The normalized spacial score (nSPS) is 17.3. The maximum absolute atomic E-state index is 12.5. The number of nitrogens with zero attached hydrogens (tertiary/aromatic N) is 2. The number of nitrogens with one attached hydrogen (secondary N) is 2. The van der Waals surface area contributed by atoms with E-state index in [-0.39, 0.29) is 11.9 Å². The Morgan fingerprint density at radius 3 is 2.79 bits per heavy atom. The molecule has 0 unspecified atom stereocenters. The quantitative estimate of drug-likeness (QED) is 0.906. The van der Waals surface area contributed by atoms with Gasteiger partial charge in [-0.1, -0.05) is 20.8 Å². The van der Waals surface area contributed by atoms with Crippen LogP contribution in [0.3, 0.4) is 0 Å². The minimum atomic E-state index is 0.0197. The number of fused-ring (bicyclic) bond motifs is 1. The number of benzene rings is 1. The predicted octanol–water partition coefficient (Wildman–Crippen LogP) is 3.19. The van der Waals surface area contributed by atoms with Crippen molar-refractivity contribution in [2.45, 2.75) is 46.1 Å². The van der Waals surface area contributed by atoms with Crippen molar-refractivity contribution in [2.24, 2.45) is 5.41 Å². The number of aromatic amines is 1. The molecule has 2 heterocycles. The highest BCUT2D eigenvalue weighted by Gasteiger charge is 2.22. The summed E-state index contributed by atoms with van der Waals surface area (Å²) in [6.45, 7) is 10.2. The van der Waals surface area contributed by atoms with E-state index in [1.165, 1.54) is 6.42 Å². The number of likely N-dealkylation sites (tertiary alicyclic amines) is 1. The van der Waals surface area contributed by atoms with Gasteiger partial charge in [-0.15, -0.1) is 0 Å². The number of hydrogen-bond donors (Lipinski definition) is 2. The first-order valence-corrected chi connectivity index (χ1v) is 8.87. The molecule has 0 saturated carbocycles. The van der Waals surface area contributed by atoms with Crippen molar-refractivity contribution in [1.29, 1.82) is 0 Å². The summed E-state index contributed by atoms with van der Waals surface area (Å²) in [5.74, 6) is 0.0197. The second kappa shape index (κ2) is 6.93. The lowest BCUT2D eigenvalue weighted by molar-refractivity contribution is 0.0908. The first-order valence-electron chi connectivity index (χ1n) is 8.87. The molecule has 1 aromatic carbocycles. The molecule has 0 bridgehead atoms. The average Bonchev–Trinajstić information content (AvgIpc) is 3.01. The minimum absolute atomic E-state index is 0.0197. The van der Waals surface area contributed by atoms with Crippen molar-refractivity contribution in [2.75, 3.05) is 19.6 Å². The Hall–Kier alpha value is -1.88.